The van der Waals surface area contributed by atoms with Gasteiger partial charge in [-0.15, -0.1) is 0 Å². The van der Waals surface area contributed by atoms with Crippen LogP contribution >= 0.6 is 0 Å². The van der Waals surface area contributed by atoms with Crippen LogP contribution in [0.25, 0.3) is 0 Å². The maximum atomic E-state index is 10.5. The minimum absolute atomic E-state index is 0.0666. The SMILES string of the molecule is CC(N)/C=C/S(C)(=O)=O.Cc1ccc(S(=O)(=O)O)cc1. The predicted octanol–water partition coefficient (Wildman–Crippen LogP) is 1.13. The maximum Gasteiger partial charge on any atom is 0.294 e. The van der Waals surface area contributed by atoms with Crippen LogP contribution in [0.3, 0.4) is 0 Å². The first kappa shape index (κ1) is 18.8. The molecule has 0 fully saturated rings. The van der Waals surface area contributed by atoms with Crippen molar-refractivity contribution in [1.29, 1.82) is 0 Å². The van der Waals surface area contributed by atoms with E-state index in [0.717, 1.165) is 17.2 Å². The first-order chi connectivity index (χ1) is 8.92. The lowest BCUT2D eigenvalue weighted by atomic mass is 10.2. The van der Waals surface area contributed by atoms with Gasteiger partial charge < -0.3 is 5.73 Å². The van der Waals surface area contributed by atoms with E-state index in [1.165, 1.54) is 18.2 Å². The number of benzene rings is 1. The van der Waals surface area contributed by atoms with Crippen LogP contribution in [0.15, 0.2) is 40.6 Å². The zero-order valence-corrected chi connectivity index (χ0v) is 13.1. The molecule has 3 N–H and O–H groups in total. The molecule has 6 nitrogen and oxygen atoms in total. The van der Waals surface area contributed by atoms with Gasteiger partial charge in [0.15, 0.2) is 9.84 Å². The molecule has 1 aromatic carbocycles. The number of nitrogens with two attached hydrogens (primary N) is 1. The Morgan fingerprint density at radius 3 is 1.85 bits per heavy atom. The molecule has 1 aromatic rings. The van der Waals surface area contributed by atoms with Gasteiger partial charge in [0, 0.05) is 17.7 Å². The molecule has 8 heteroatoms. The highest BCUT2D eigenvalue weighted by Gasteiger charge is 2.06. The molecular weight excluding hydrogens is 302 g/mol. The van der Waals surface area contributed by atoms with Crippen molar-refractivity contribution in [2.75, 3.05) is 6.26 Å². The second-order valence-corrected chi connectivity index (χ2v) is 7.66. The van der Waals surface area contributed by atoms with Gasteiger partial charge in [-0.25, -0.2) is 8.42 Å². The summed E-state index contributed by atoms with van der Waals surface area (Å²) in [5.41, 5.74) is 6.20. The second-order valence-electron chi connectivity index (χ2n) is 4.31. The molecule has 0 saturated carbocycles. The van der Waals surface area contributed by atoms with Gasteiger partial charge in [-0.3, -0.25) is 4.55 Å². The first-order valence-corrected chi connectivity index (χ1v) is 8.99. The second kappa shape index (κ2) is 7.53. The Hall–Kier alpha value is -1.22. The van der Waals surface area contributed by atoms with Gasteiger partial charge in [-0.1, -0.05) is 23.8 Å². The number of sulfone groups is 1. The molecule has 20 heavy (non-hydrogen) atoms. The van der Waals surface area contributed by atoms with Gasteiger partial charge >= 0.3 is 0 Å². The zero-order chi connectivity index (χ0) is 16.0. The number of hydrogen-bond donors (Lipinski definition) is 2. The van der Waals surface area contributed by atoms with Gasteiger partial charge in [0.1, 0.15) is 0 Å². The highest BCUT2D eigenvalue weighted by molar-refractivity contribution is 7.93. The Kier molecular flexibility index (Phi) is 7.07. The van der Waals surface area contributed by atoms with E-state index in [1.807, 2.05) is 6.92 Å². The summed E-state index contributed by atoms with van der Waals surface area (Å²) in [7, 11) is -7.00. The van der Waals surface area contributed by atoms with Crippen molar-refractivity contribution in [3.8, 4) is 0 Å². The van der Waals surface area contributed by atoms with Gasteiger partial charge in [0.25, 0.3) is 10.1 Å². The molecule has 0 saturated heterocycles. The summed E-state index contributed by atoms with van der Waals surface area (Å²) in [6, 6.07) is 5.79. The van der Waals surface area contributed by atoms with Gasteiger partial charge in [0.05, 0.1) is 4.90 Å². The summed E-state index contributed by atoms with van der Waals surface area (Å²) < 4.78 is 50.3. The van der Waals surface area contributed by atoms with Crippen LogP contribution in [0.2, 0.25) is 0 Å². The van der Waals surface area contributed by atoms with Gasteiger partial charge in [-0.2, -0.15) is 8.42 Å². The lowest BCUT2D eigenvalue weighted by molar-refractivity contribution is 0.483. The van der Waals surface area contributed by atoms with Crippen LogP contribution in [0, 0.1) is 6.92 Å². The van der Waals surface area contributed by atoms with Crippen LogP contribution in [0.5, 0.6) is 0 Å². The van der Waals surface area contributed by atoms with Crippen molar-refractivity contribution in [1.82, 2.24) is 0 Å². The van der Waals surface area contributed by atoms with Crippen LogP contribution in [-0.2, 0) is 20.0 Å². The topological polar surface area (TPSA) is 115 Å². The van der Waals surface area contributed by atoms with E-state index in [0.29, 0.717) is 0 Å². The molecule has 114 valence electrons. The Balaban J connectivity index is 0.000000370. The minimum Gasteiger partial charge on any atom is -0.325 e. The van der Waals surface area contributed by atoms with Crippen LogP contribution in [0.1, 0.15) is 12.5 Å². The summed E-state index contributed by atoms with van der Waals surface area (Å²) in [5.74, 6) is 0. The molecule has 0 aliphatic rings. The van der Waals surface area contributed by atoms with Crippen molar-refractivity contribution >= 4 is 20.0 Å². The van der Waals surface area contributed by atoms with E-state index in [4.69, 9.17) is 10.3 Å². The average molecular weight is 321 g/mol. The van der Waals surface area contributed by atoms with Crippen LogP contribution in [-0.4, -0.2) is 33.7 Å². The van der Waals surface area contributed by atoms with E-state index >= 15 is 0 Å². The van der Waals surface area contributed by atoms with E-state index in [9.17, 15) is 16.8 Å². The fourth-order valence-electron chi connectivity index (χ4n) is 0.977. The first-order valence-electron chi connectivity index (χ1n) is 5.60. The standard InChI is InChI=1S/C7H8O3S.C5H11NO2S/c1-6-2-4-7(5-3-6)11(8,9)10;1-5(6)3-4-9(2,7)8/h2-5H,1H3,(H,8,9,10);3-5H,6H2,1-2H3/b;4-3+. The smallest absolute Gasteiger partial charge is 0.294 e. The molecule has 0 radical (unpaired) electrons. The molecule has 0 aliphatic heterocycles. The van der Waals surface area contributed by atoms with Crippen molar-refractivity contribution in [2.45, 2.75) is 24.8 Å². The molecule has 0 spiro atoms. The number of hydrogen-bond acceptors (Lipinski definition) is 5. The molecule has 1 atom stereocenters. The third-order valence-electron chi connectivity index (χ3n) is 1.95. The summed E-state index contributed by atoms with van der Waals surface area (Å²) in [5, 5.41) is 1.11. The summed E-state index contributed by atoms with van der Waals surface area (Å²) in [6.07, 6.45) is 2.57. The molecule has 1 unspecified atom stereocenters. The Morgan fingerprint density at radius 1 is 1.15 bits per heavy atom. The zero-order valence-electron chi connectivity index (χ0n) is 11.5. The molecule has 0 aliphatic carbocycles. The van der Waals surface area contributed by atoms with E-state index in [2.05, 4.69) is 0 Å². The Bertz CT molecular complexity index is 644. The number of rotatable bonds is 3. The maximum absolute atomic E-state index is 10.5. The lowest BCUT2D eigenvalue weighted by Gasteiger charge is -1.95. The molecule has 0 amide bonds. The molecule has 0 aromatic heterocycles. The summed E-state index contributed by atoms with van der Waals surface area (Å²) >= 11 is 0. The summed E-state index contributed by atoms with van der Waals surface area (Å²) in [4.78, 5) is -0.0666. The monoisotopic (exact) mass is 321 g/mol. The van der Waals surface area contributed by atoms with E-state index < -0.39 is 20.0 Å². The quantitative estimate of drug-likeness (QED) is 0.807. The fourth-order valence-corrected chi connectivity index (χ4v) is 1.99. The minimum atomic E-state index is -4.02. The molecule has 0 bridgehead atoms. The number of aryl methyl sites for hydroxylation is 1. The van der Waals surface area contributed by atoms with Crippen molar-refractivity contribution < 1.29 is 21.4 Å². The highest BCUT2D eigenvalue weighted by atomic mass is 32.2. The largest absolute Gasteiger partial charge is 0.325 e. The Labute approximate surface area is 120 Å². The third kappa shape index (κ3) is 9.68. The van der Waals surface area contributed by atoms with E-state index in [-0.39, 0.29) is 10.9 Å². The van der Waals surface area contributed by atoms with Crippen molar-refractivity contribution in [3.05, 3.63) is 41.3 Å². The van der Waals surface area contributed by atoms with Gasteiger partial charge in [-0.05, 0) is 26.0 Å². The molecular formula is C12H19NO5S2. The van der Waals surface area contributed by atoms with Crippen LogP contribution < -0.4 is 5.73 Å². The lowest BCUT2D eigenvalue weighted by Crippen LogP contribution is -2.10. The average Bonchev–Trinajstić information content (AvgIpc) is 2.26. The van der Waals surface area contributed by atoms with Gasteiger partial charge in [0.2, 0.25) is 0 Å². The van der Waals surface area contributed by atoms with Crippen molar-refractivity contribution in [3.63, 3.8) is 0 Å². The normalized spacial score (nSPS) is 13.7. The fraction of sp³-hybridized carbons (Fsp3) is 0.333. The predicted molar refractivity (Wildman–Crippen MR) is 78.6 cm³/mol. The van der Waals surface area contributed by atoms with Crippen molar-refractivity contribution in [2.24, 2.45) is 5.73 Å². The van der Waals surface area contributed by atoms with Crippen LogP contribution in [0.4, 0.5) is 0 Å². The molecule has 1 rings (SSSR count). The highest BCUT2D eigenvalue weighted by Crippen LogP contribution is 2.08. The Morgan fingerprint density at radius 2 is 1.60 bits per heavy atom. The summed E-state index contributed by atoms with van der Waals surface area (Å²) in [6.45, 7) is 3.55. The third-order valence-corrected chi connectivity index (χ3v) is 3.47. The van der Waals surface area contributed by atoms with E-state index in [1.54, 1.807) is 19.1 Å². The molecule has 0 heterocycles.